The summed E-state index contributed by atoms with van der Waals surface area (Å²) in [5.41, 5.74) is 12.5. The Morgan fingerprint density at radius 1 is 1.23 bits per heavy atom. The van der Waals surface area contributed by atoms with Crippen LogP contribution >= 0.6 is 0 Å². The Bertz CT molecular complexity index is 236. The van der Waals surface area contributed by atoms with Crippen LogP contribution in [0.25, 0.3) is 0 Å². The van der Waals surface area contributed by atoms with Crippen molar-refractivity contribution in [3.05, 3.63) is 0 Å². The lowest BCUT2D eigenvalue weighted by atomic mass is 9.94. The first-order valence-corrected chi connectivity index (χ1v) is 3.41. The molecule has 0 heterocycles. The Hall–Kier alpha value is -1.63. The molecular formula is C6H11N3O4. The molecule has 7 heteroatoms. The number of hydrogen-bond donors (Lipinski definition) is 4. The number of nitrogens with two attached hydrogens (primary N) is 3. The minimum absolute atomic E-state index is 0.300. The number of aliphatic carboxylic acids is 1. The number of hydrogen-bond acceptors (Lipinski definition) is 4. The van der Waals surface area contributed by atoms with E-state index < -0.39 is 29.7 Å². The number of rotatable bonds is 5. The van der Waals surface area contributed by atoms with Gasteiger partial charge in [0, 0.05) is 6.42 Å². The van der Waals surface area contributed by atoms with Crippen LogP contribution in [0.1, 0.15) is 12.8 Å². The van der Waals surface area contributed by atoms with Crippen LogP contribution in [-0.4, -0.2) is 28.4 Å². The monoisotopic (exact) mass is 189 g/mol. The molecule has 0 spiro atoms. The molecular weight excluding hydrogens is 178 g/mol. The fourth-order valence-electron chi connectivity index (χ4n) is 0.656. The van der Waals surface area contributed by atoms with Gasteiger partial charge in [0.2, 0.25) is 11.8 Å². The highest BCUT2D eigenvalue weighted by Crippen LogP contribution is 2.08. The highest BCUT2D eigenvalue weighted by Gasteiger charge is 2.40. The second-order valence-electron chi connectivity index (χ2n) is 2.61. The summed E-state index contributed by atoms with van der Waals surface area (Å²) < 4.78 is 0. The number of primary amides is 2. The molecule has 0 unspecified atom stereocenters. The van der Waals surface area contributed by atoms with Gasteiger partial charge in [0.1, 0.15) is 0 Å². The Morgan fingerprint density at radius 3 is 1.92 bits per heavy atom. The zero-order valence-corrected chi connectivity index (χ0v) is 6.82. The number of carboxylic acid groups (broad SMARTS) is 1. The molecule has 0 fully saturated rings. The summed E-state index contributed by atoms with van der Waals surface area (Å²) in [7, 11) is 0. The Balaban J connectivity index is 4.52. The molecule has 0 aromatic heterocycles. The van der Waals surface area contributed by atoms with Crippen LogP contribution in [0.3, 0.4) is 0 Å². The molecule has 2 amide bonds. The van der Waals surface area contributed by atoms with Gasteiger partial charge in [-0.1, -0.05) is 0 Å². The first-order valence-electron chi connectivity index (χ1n) is 3.41. The predicted molar refractivity (Wildman–Crippen MR) is 42.2 cm³/mol. The number of carboxylic acids is 1. The van der Waals surface area contributed by atoms with Gasteiger partial charge in [-0.3, -0.25) is 9.59 Å². The molecule has 1 atom stereocenters. The van der Waals surface area contributed by atoms with Crippen molar-refractivity contribution in [2.45, 2.75) is 18.4 Å². The van der Waals surface area contributed by atoms with Gasteiger partial charge < -0.3 is 22.3 Å². The largest absolute Gasteiger partial charge is 0.479 e. The van der Waals surface area contributed by atoms with E-state index in [0.29, 0.717) is 0 Å². The summed E-state index contributed by atoms with van der Waals surface area (Å²) in [6.07, 6.45) is -0.696. The number of carbonyl (C=O) groups is 3. The summed E-state index contributed by atoms with van der Waals surface area (Å²) in [5, 5.41) is 8.54. The van der Waals surface area contributed by atoms with Crippen LogP contribution in [0.4, 0.5) is 0 Å². The van der Waals surface area contributed by atoms with Crippen LogP contribution < -0.4 is 17.2 Å². The van der Waals surface area contributed by atoms with Crippen molar-refractivity contribution in [3.8, 4) is 0 Å². The quantitative estimate of drug-likeness (QED) is 0.353. The molecule has 0 aliphatic rings. The SMILES string of the molecule is NC(=O)CC[C@@](N)(C(N)=O)C(=O)O. The van der Waals surface area contributed by atoms with E-state index in [9.17, 15) is 14.4 Å². The second kappa shape index (κ2) is 3.85. The molecule has 7 nitrogen and oxygen atoms in total. The molecule has 0 rings (SSSR count). The van der Waals surface area contributed by atoms with Crippen molar-refractivity contribution in [2.24, 2.45) is 17.2 Å². The second-order valence-corrected chi connectivity index (χ2v) is 2.61. The van der Waals surface area contributed by atoms with Gasteiger partial charge in [-0.05, 0) is 6.42 Å². The predicted octanol–water partition coefficient (Wildman–Crippen LogP) is -2.48. The Kier molecular flexibility index (Phi) is 3.37. The van der Waals surface area contributed by atoms with Gasteiger partial charge >= 0.3 is 5.97 Å². The van der Waals surface area contributed by atoms with E-state index in [4.69, 9.17) is 22.3 Å². The molecule has 0 radical (unpaired) electrons. The maximum atomic E-state index is 10.6. The lowest BCUT2D eigenvalue weighted by molar-refractivity contribution is -0.148. The van der Waals surface area contributed by atoms with E-state index in [1.54, 1.807) is 0 Å². The van der Waals surface area contributed by atoms with Gasteiger partial charge in [0.05, 0.1) is 0 Å². The van der Waals surface area contributed by atoms with E-state index in [2.05, 4.69) is 0 Å². The minimum Gasteiger partial charge on any atom is -0.479 e. The lowest BCUT2D eigenvalue weighted by Crippen LogP contribution is -2.58. The Morgan fingerprint density at radius 2 is 1.69 bits per heavy atom. The fraction of sp³-hybridized carbons (Fsp3) is 0.500. The molecule has 13 heavy (non-hydrogen) atoms. The third-order valence-electron chi connectivity index (χ3n) is 1.59. The summed E-state index contributed by atoms with van der Waals surface area (Å²) in [6.45, 7) is 0. The van der Waals surface area contributed by atoms with E-state index in [-0.39, 0.29) is 6.42 Å². The number of carbonyl (C=O) groups excluding carboxylic acids is 2. The molecule has 0 saturated heterocycles. The van der Waals surface area contributed by atoms with E-state index in [1.807, 2.05) is 0 Å². The molecule has 0 bridgehead atoms. The molecule has 0 aromatic carbocycles. The molecule has 0 aromatic rings. The van der Waals surface area contributed by atoms with Gasteiger partial charge in [-0.25, -0.2) is 4.79 Å². The van der Waals surface area contributed by atoms with E-state index in [0.717, 1.165) is 0 Å². The molecule has 7 N–H and O–H groups in total. The Labute approximate surface area is 73.9 Å². The summed E-state index contributed by atoms with van der Waals surface area (Å²) in [6, 6.07) is 0. The zero-order valence-electron chi connectivity index (χ0n) is 6.82. The van der Waals surface area contributed by atoms with Crippen molar-refractivity contribution in [1.82, 2.24) is 0 Å². The molecule has 0 aliphatic heterocycles. The van der Waals surface area contributed by atoms with E-state index in [1.165, 1.54) is 0 Å². The number of amides is 2. The first-order chi connectivity index (χ1) is 5.80. The average Bonchev–Trinajstić information content (AvgIpc) is 1.99. The highest BCUT2D eigenvalue weighted by molar-refractivity contribution is 6.05. The van der Waals surface area contributed by atoms with Crippen LogP contribution in [0.5, 0.6) is 0 Å². The van der Waals surface area contributed by atoms with Crippen molar-refractivity contribution in [1.29, 1.82) is 0 Å². The molecule has 74 valence electrons. The van der Waals surface area contributed by atoms with Crippen LogP contribution in [-0.2, 0) is 14.4 Å². The third-order valence-corrected chi connectivity index (χ3v) is 1.59. The standard InChI is InChI=1S/C6H11N3O4/c7-3(10)1-2-6(9,4(8)11)5(12)13/h1-2,9H2,(H2,7,10)(H2,8,11)(H,12,13)/t6-/m1/s1. The summed E-state index contributed by atoms with van der Waals surface area (Å²) in [4.78, 5) is 31.4. The van der Waals surface area contributed by atoms with Gasteiger partial charge in [0.15, 0.2) is 5.54 Å². The van der Waals surface area contributed by atoms with E-state index >= 15 is 0 Å². The molecule has 0 aliphatic carbocycles. The van der Waals surface area contributed by atoms with Gasteiger partial charge in [-0.2, -0.15) is 0 Å². The van der Waals surface area contributed by atoms with Gasteiger partial charge in [-0.15, -0.1) is 0 Å². The summed E-state index contributed by atoms with van der Waals surface area (Å²) in [5.74, 6) is -3.50. The van der Waals surface area contributed by atoms with Crippen LogP contribution in [0, 0.1) is 0 Å². The van der Waals surface area contributed by atoms with Crippen molar-refractivity contribution >= 4 is 17.8 Å². The topological polar surface area (TPSA) is 149 Å². The summed E-state index contributed by atoms with van der Waals surface area (Å²) >= 11 is 0. The maximum absolute atomic E-state index is 10.6. The van der Waals surface area contributed by atoms with Crippen LogP contribution in [0.2, 0.25) is 0 Å². The fourth-order valence-corrected chi connectivity index (χ4v) is 0.656. The smallest absolute Gasteiger partial charge is 0.333 e. The lowest BCUT2D eigenvalue weighted by Gasteiger charge is -2.19. The normalized spacial score (nSPS) is 14.5. The maximum Gasteiger partial charge on any atom is 0.333 e. The average molecular weight is 189 g/mol. The van der Waals surface area contributed by atoms with Crippen molar-refractivity contribution in [2.75, 3.05) is 0 Å². The zero-order chi connectivity index (χ0) is 10.6. The highest BCUT2D eigenvalue weighted by atomic mass is 16.4. The first kappa shape index (κ1) is 11.4. The van der Waals surface area contributed by atoms with Crippen molar-refractivity contribution in [3.63, 3.8) is 0 Å². The third kappa shape index (κ3) is 2.71. The van der Waals surface area contributed by atoms with Gasteiger partial charge in [0.25, 0.3) is 0 Å². The van der Waals surface area contributed by atoms with Crippen LogP contribution in [0.15, 0.2) is 0 Å². The minimum atomic E-state index is -2.21. The van der Waals surface area contributed by atoms with Crippen molar-refractivity contribution < 1.29 is 19.5 Å². The molecule has 0 saturated carbocycles.